The number of hydrogen-bond acceptors (Lipinski definition) is 7. The molecule has 1 rings (SSSR count). The number of halogens is 3. The molecule has 0 aromatic carbocycles. The summed E-state index contributed by atoms with van der Waals surface area (Å²) in [5.41, 5.74) is -3.24. The third kappa shape index (κ3) is 9.08. The molecule has 1 atom stereocenters. The van der Waals surface area contributed by atoms with E-state index in [1.165, 1.54) is 6.92 Å². The summed E-state index contributed by atoms with van der Waals surface area (Å²) in [6.45, 7) is 7.57. The van der Waals surface area contributed by atoms with Crippen molar-refractivity contribution >= 4 is 25.9 Å². The van der Waals surface area contributed by atoms with Gasteiger partial charge < -0.3 is 20.0 Å². The van der Waals surface area contributed by atoms with Gasteiger partial charge in [-0.1, -0.05) is 24.8 Å². The standard InChI is InChI=1S/C16H25F3N4O5Si/c1-11(9-28-21-8-13(24)25)22-12-7-20-23(10-27-5-6-29(2,3)4)15(26)14(12)16(17,18)19/h7-8,11,22H,5-6,9-10H2,1-4H3,(H,24,25)/b21-8+. The van der Waals surface area contributed by atoms with Crippen molar-refractivity contribution in [3.05, 3.63) is 22.1 Å². The van der Waals surface area contributed by atoms with E-state index in [-0.39, 0.29) is 13.3 Å². The summed E-state index contributed by atoms with van der Waals surface area (Å²) in [6.07, 6.45) is -3.52. The molecule has 0 saturated heterocycles. The van der Waals surface area contributed by atoms with Crippen LogP contribution < -0.4 is 10.9 Å². The van der Waals surface area contributed by atoms with Crippen molar-refractivity contribution < 1.29 is 32.6 Å². The van der Waals surface area contributed by atoms with Crippen LogP contribution in [0.4, 0.5) is 18.9 Å². The average molecular weight is 438 g/mol. The second kappa shape index (κ2) is 10.4. The van der Waals surface area contributed by atoms with Gasteiger partial charge in [0.15, 0.2) is 6.21 Å². The molecule has 0 aliphatic rings. The van der Waals surface area contributed by atoms with Gasteiger partial charge in [-0.25, -0.2) is 9.48 Å². The van der Waals surface area contributed by atoms with E-state index in [2.05, 4.69) is 40.0 Å². The minimum atomic E-state index is -4.91. The molecule has 2 N–H and O–H groups in total. The molecule has 9 nitrogen and oxygen atoms in total. The van der Waals surface area contributed by atoms with Gasteiger partial charge in [0.1, 0.15) is 18.9 Å². The maximum Gasteiger partial charge on any atom is 0.423 e. The van der Waals surface area contributed by atoms with Gasteiger partial charge in [-0.15, -0.1) is 0 Å². The van der Waals surface area contributed by atoms with E-state index in [1.54, 1.807) is 0 Å². The van der Waals surface area contributed by atoms with Gasteiger partial charge in [0, 0.05) is 14.7 Å². The van der Waals surface area contributed by atoms with Crippen LogP contribution in [0.3, 0.4) is 0 Å². The maximum atomic E-state index is 13.4. The number of rotatable bonds is 11. The Kier molecular flexibility index (Phi) is 8.82. The Bertz CT molecular complexity index is 777. The number of nitrogens with one attached hydrogen (secondary N) is 1. The van der Waals surface area contributed by atoms with Crippen LogP contribution in [0.2, 0.25) is 25.7 Å². The van der Waals surface area contributed by atoms with E-state index >= 15 is 0 Å². The van der Waals surface area contributed by atoms with E-state index < -0.39 is 43.1 Å². The Balaban J connectivity index is 2.90. The molecule has 0 radical (unpaired) electrons. The predicted molar refractivity (Wildman–Crippen MR) is 103 cm³/mol. The van der Waals surface area contributed by atoms with E-state index in [1.807, 2.05) is 0 Å². The third-order valence-corrected chi connectivity index (χ3v) is 5.21. The fraction of sp³-hybridized carbons (Fsp3) is 0.625. The zero-order chi connectivity index (χ0) is 22.2. The SMILES string of the molecule is CC(CO/N=C/C(=O)O)Nc1cnn(COCC[Si](C)(C)C)c(=O)c1C(F)(F)F. The van der Waals surface area contributed by atoms with Crippen molar-refractivity contribution in [3.8, 4) is 0 Å². The number of carbonyl (C=O) groups is 1. The summed E-state index contributed by atoms with van der Waals surface area (Å²) >= 11 is 0. The summed E-state index contributed by atoms with van der Waals surface area (Å²) in [5.74, 6) is -1.33. The molecular weight excluding hydrogens is 413 g/mol. The van der Waals surface area contributed by atoms with Crippen LogP contribution in [-0.2, 0) is 27.3 Å². The van der Waals surface area contributed by atoms with Gasteiger partial charge in [-0.3, -0.25) is 4.79 Å². The van der Waals surface area contributed by atoms with Crippen molar-refractivity contribution in [3.63, 3.8) is 0 Å². The number of nitrogens with zero attached hydrogens (tertiary/aromatic N) is 3. The van der Waals surface area contributed by atoms with Crippen molar-refractivity contribution in [1.29, 1.82) is 0 Å². The monoisotopic (exact) mass is 438 g/mol. The molecule has 164 valence electrons. The number of aromatic nitrogens is 2. The fourth-order valence-corrected chi connectivity index (χ4v) is 2.79. The average Bonchev–Trinajstić information content (AvgIpc) is 2.55. The highest BCUT2D eigenvalue weighted by molar-refractivity contribution is 6.76. The number of hydrogen-bond donors (Lipinski definition) is 2. The highest BCUT2D eigenvalue weighted by atomic mass is 28.3. The molecule has 1 unspecified atom stereocenters. The molecule has 1 aromatic heterocycles. The van der Waals surface area contributed by atoms with Crippen LogP contribution in [0.5, 0.6) is 0 Å². The third-order valence-electron chi connectivity index (χ3n) is 3.50. The number of anilines is 1. The van der Waals surface area contributed by atoms with E-state index in [9.17, 15) is 22.8 Å². The number of alkyl halides is 3. The molecular formula is C16H25F3N4O5Si. The molecule has 0 amide bonds. The molecule has 0 saturated carbocycles. The van der Waals surface area contributed by atoms with Crippen LogP contribution in [-0.4, -0.2) is 54.4 Å². The van der Waals surface area contributed by atoms with E-state index in [0.717, 1.165) is 12.2 Å². The molecule has 0 aliphatic heterocycles. The zero-order valence-corrected chi connectivity index (χ0v) is 17.6. The van der Waals surface area contributed by atoms with Gasteiger partial charge in [0.2, 0.25) is 0 Å². The van der Waals surface area contributed by atoms with Gasteiger partial charge in [-0.2, -0.15) is 18.3 Å². The van der Waals surface area contributed by atoms with E-state index in [4.69, 9.17) is 9.84 Å². The molecule has 13 heteroatoms. The fourth-order valence-electron chi connectivity index (χ4n) is 2.04. The summed E-state index contributed by atoms with van der Waals surface area (Å²) in [5, 5.41) is 17.7. The molecule has 0 aliphatic carbocycles. The van der Waals surface area contributed by atoms with Gasteiger partial charge in [0.25, 0.3) is 5.56 Å². The summed E-state index contributed by atoms with van der Waals surface area (Å²) in [6, 6.07) is 0.0853. The first kappa shape index (κ1) is 24.6. The zero-order valence-electron chi connectivity index (χ0n) is 16.6. The smallest absolute Gasteiger partial charge is 0.423 e. The van der Waals surface area contributed by atoms with Crippen LogP contribution in [0.15, 0.2) is 16.1 Å². The second-order valence-corrected chi connectivity index (χ2v) is 13.1. The molecule has 1 heterocycles. The normalized spacial score (nSPS) is 13.5. The van der Waals surface area contributed by atoms with Crippen LogP contribution in [0, 0.1) is 0 Å². The first-order valence-corrected chi connectivity index (χ1v) is 12.4. The van der Waals surface area contributed by atoms with Crippen LogP contribution >= 0.6 is 0 Å². The van der Waals surface area contributed by atoms with Gasteiger partial charge in [0.05, 0.1) is 17.9 Å². The molecule has 1 aromatic rings. The number of aliphatic carboxylic acids is 1. The second-order valence-electron chi connectivity index (χ2n) is 7.50. The lowest BCUT2D eigenvalue weighted by Crippen LogP contribution is -2.34. The van der Waals surface area contributed by atoms with Gasteiger partial charge in [-0.05, 0) is 13.0 Å². The van der Waals surface area contributed by atoms with Crippen LogP contribution in [0.25, 0.3) is 0 Å². The summed E-state index contributed by atoms with van der Waals surface area (Å²) < 4.78 is 46.3. The lowest BCUT2D eigenvalue weighted by Gasteiger charge is -2.19. The molecule has 29 heavy (non-hydrogen) atoms. The van der Waals surface area contributed by atoms with Crippen molar-refractivity contribution in [2.75, 3.05) is 18.5 Å². The Labute approximate surface area is 166 Å². The first-order valence-electron chi connectivity index (χ1n) is 8.71. The molecule has 0 spiro atoms. The first-order chi connectivity index (χ1) is 13.3. The number of oxime groups is 1. The van der Waals surface area contributed by atoms with E-state index in [0.29, 0.717) is 17.5 Å². The topological polar surface area (TPSA) is 115 Å². The molecule has 0 bridgehead atoms. The lowest BCUT2D eigenvalue weighted by molar-refractivity contribution is -0.138. The van der Waals surface area contributed by atoms with Crippen LogP contribution in [0.1, 0.15) is 12.5 Å². The number of carboxylic acids is 1. The predicted octanol–water partition coefficient (Wildman–Crippen LogP) is 2.46. The lowest BCUT2D eigenvalue weighted by atomic mass is 10.2. The van der Waals surface area contributed by atoms with Crippen molar-refractivity contribution in [1.82, 2.24) is 9.78 Å². The maximum absolute atomic E-state index is 13.4. The highest BCUT2D eigenvalue weighted by Crippen LogP contribution is 2.31. The Morgan fingerprint density at radius 1 is 1.45 bits per heavy atom. The summed E-state index contributed by atoms with van der Waals surface area (Å²) in [4.78, 5) is 27.2. The number of ether oxygens (including phenoxy) is 1. The Morgan fingerprint density at radius 2 is 2.10 bits per heavy atom. The Hall–Kier alpha value is -2.41. The molecule has 0 fully saturated rings. The van der Waals surface area contributed by atoms with Crippen molar-refractivity contribution in [2.24, 2.45) is 5.16 Å². The largest absolute Gasteiger partial charge is 0.477 e. The highest BCUT2D eigenvalue weighted by Gasteiger charge is 2.38. The Morgan fingerprint density at radius 3 is 2.66 bits per heavy atom. The quantitative estimate of drug-likeness (QED) is 0.236. The minimum absolute atomic E-state index is 0.232. The van der Waals surface area contributed by atoms with Gasteiger partial charge >= 0.3 is 12.1 Å². The number of carboxylic acid groups (broad SMARTS) is 1. The van der Waals surface area contributed by atoms with Crippen molar-refractivity contribution in [2.45, 2.75) is 51.6 Å². The minimum Gasteiger partial charge on any atom is -0.477 e. The summed E-state index contributed by atoms with van der Waals surface area (Å²) in [7, 11) is -1.37.